The average molecular weight is 353 g/mol. The Hall–Kier alpha value is -2.38. The van der Waals surface area contributed by atoms with E-state index in [4.69, 9.17) is 0 Å². The predicted molar refractivity (Wildman–Crippen MR) is 97.3 cm³/mol. The van der Waals surface area contributed by atoms with E-state index >= 15 is 0 Å². The normalized spacial score (nSPS) is 15.2. The van der Waals surface area contributed by atoms with Crippen molar-refractivity contribution < 1.29 is 0 Å². The van der Waals surface area contributed by atoms with E-state index in [1.807, 2.05) is 19.1 Å². The Morgan fingerprint density at radius 1 is 1.20 bits per heavy atom. The minimum Gasteiger partial charge on any atom is -0.297 e. The summed E-state index contributed by atoms with van der Waals surface area (Å²) in [6, 6.07) is 7.17. The van der Waals surface area contributed by atoms with E-state index in [9.17, 15) is 4.79 Å². The van der Waals surface area contributed by atoms with E-state index in [-0.39, 0.29) is 5.56 Å². The molecule has 0 bridgehead atoms. The lowest BCUT2D eigenvalue weighted by Gasteiger charge is -2.38. The summed E-state index contributed by atoms with van der Waals surface area (Å²) in [5.74, 6) is 0.456. The van der Waals surface area contributed by atoms with Gasteiger partial charge in [-0.2, -0.15) is 5.10 Å². The van der Waals surface area contributed by atoms with Crippen molar-refractivity contribution in [1.82, 2.24) is 24.6 Å². The minimum absolute atomic E-state index is 0.0496. The second-order valence-electron chi connectivity index (χ2n) is 6.39. The number of aromatic nitrogens is 4. The topological polar surface area (TPSA) is 63.9 Å². The highest BCUT2D eigenvalue weighted by molar-refractivity contribution is 7.09. The SMILES string of the molecule is Cc1nc(CN2CC(Cn3nc(-c4ccncc4)ccc3=O)C2)cs1. The lowest BCUT2D eigenvalue weighted by atomic mass is 10.00. The van der Waals surface area contributed by atoms with Gasteiger partial charge in [-0.1, -0.05) is 0 Å². The first kappa shape index (κ1) is 16.1. The van der Waals surface area contributed by atoms with Gasteiger partial charge < -0.3 is 0 Å². The van der Waals surface area contributed by atoms with Crippen molar-refractivity contribution in [3.05, 3.63) is 63.1 Å². The van der Waals surface area contributed by atoms with E-state index in [0.717, 1.165) is 41.6 Å². The molecule has 1 fully saturated rings. The zero-order valence-electron chi connectivity index (χ0n) is 14.0. The Kier molecular flexibility index (Phi) is 4.42. The number of aryl methyl sites for hydroxylation is 1. The van der Waals surface area contributed by atoms with Gasteiger partial charge in [0.15, 0.2) is 0 Å². The molecule has 0 aliphatic carbocycles. The summed E-state index contributed by atoms with van der Waals surface area (Å²) in [4.78, 5) is 23.0. The predicted octanol–water partition coefficient (Wildman–Crippen LogP) is 2.20. The summed E-state index contributed by atoms with van der Waals surface area (Å²) in [6.07, 6.45) is 3.47. The maximum Gasteiger partial charge on any atom is 0.266 e. The summed E-state index contributed by atoms with van der Waals surface area (Å²) >= 11 is 1.69. The fourth-order valence-electron chi connectivity index (χ4n) is 3.13. The number of nitrogens with zero attached hydrogens (tertiary/aromatic N) is 5. The fourth-order valence-corrected chi connectivity index (χ4v) is 3.74. The summed E-state index contributed by atoms with van der Waals surface area (Å²) in [6.45, 7) is 5.53. The molecule has 0 amide bonds. The summed E-state index contributed by atoms with van der Waals surface area (Å²) in [5, 5.41) is 7.75. The average Bonchev–Trinajstić information content (AvgIpc) is 3.00. The highest BCUT2D eigenvalue weighted by Gasteiger charge is 2.28. The van der Waals surface area contributed by atoms with Crippen molar-refractivity contribution in [2.24, 2.45) is 5.92 Å². The number of rotatable bonds is 5. The molecule has 3 aromatic heterocycles. The Morgan fingerprint density at radius 2 is 2.00 bits per heavy atom. The standard InChI is InChI=1S/C18H19N5OS/c1-13-20-16(12-25-13)11-22-8-14(9-22)10-23-18(24)3-2-17(21-23)15-4-6-19-7-5-15/h2-7,12,14H,8-11H2,1H3. The second-order valence-corrected chi connectivity index (χ2v) is 7.46. The van der Waals surface area contributed by atoms with E-state index in [2.05, 4.69) is 25.3 Å². The molecule has 4 heterocycles. The molecule has 6 nitrogen and oxygen atoms in total. The monoisotopic (exact) mass is 353 g/mol. The third kappa shape index (κ3) is 3.67. The van der Waals surface area contributed by atoms with Crippen LogP contribution >= 0.6 is 11.3 Å². The molecular formula is C18H19N5OS. The molecule has 0 radical (unpaired) electrons. The molecule has 1 aliphatic rings. The van der Waals surface area contributed by atoms with Crippen LogP contribution in [0.3, 0.4) is 0 Å². The van der Waals surface area contributed by atoms with Crippen LogP contribution in [0.2, 0.25) is 0 Å². The van der Waals surface area contributed by atoms with Crippen LogP contribution in [-0.4, -0.2) is 37.7 Å². The van der Waals surface area contributed by atoms with Crippen LogP contribution in [0.5, 0.6) is 0 Å². The molecule has 1 aliphatic heterocycles. The highest BCUT2D eigenvalue weighted by Crippen LogP contribution is 2.21. The second kappa shape index (κ2) is 6.85. The Bertz CT molecular complexity index is 914. The van der Waals surface area contributed by atoms with Gasteiger partial charge in [-0.3, -0.25) is 14.7 Å². The molecule has 25 heavy (non-hydrogen) atoms. The van der Waals surface area contributed by atoms with Gasteiger partial charge in [-0.15, -0.1) is 11.3 Å². The fraction of sp³-hybridized carbons (Fsp3) is 0.333. The maximum absolute atomic E-state index is 12.1. The lowest BCUT2D eigenvalue weighted by molar-refractivity contribution is 0.0756. The third-order valence-corrected chi connectivity index (χ3v) is 5.18. The molecule has 0 saturated carbocycles. The molecule has 0 N–H and O–H groups in total. The maximum atomic E-state index is 12.1. The molecule has 4 rings (SSSR count). The van der Waals surface area contributed by atoms with Crippen LogP contribution in [0, 0.1) is 12.8 Å². The number of pyridine rings is 1. The summed E-state index contributed by atoms with van der Waals surface area (Å²) in [7, 11) is 0. The van der Waals surface area contributed by atoms with E-state index in [1.54, 1.807) is 40.5 Å². The van der Waals surface area contributed by atoms with Crippen molar-refractivity contribution in [1.29, 1.82) is 0 Å². The van der Waals surface area contributed by atoms with Crippen LogP contribution in [0.15, 0.2) is 46.8 Å². The van der Waals surface area contributed by atoms with Gasteiger partial charge in [0, 0.05) is 55.0 Å². The largest absolute Gasteiger partial charge is 0.297 e. The quantitative estimate of drug-likeness (QED) is 0.704. The lowest BCUT2D eigenvalue weighted by Crippen LogP contribution is -2.48. The molecule has 7 heteroatoms. The molecule has 0 unspecified atom stereocenters. The van der Waals surface area contributed by atoms with Crippen molar-refractivity contribution in [3.8, 4) is 11.3 Å². The van der Waals surface area contributed by atoms with Crippen molar-refractivity contribution >= 4 is 11.3 Å². The van der Waals surface area contributed by atoms with Crippen LogP contribution < -0.4 is 5.56 Å². The first-order chi connectivity index (χ1) is 12.2. The first-order valence-corrected chi connectivity index (χ1v) is 9.17. The molecule has 128 valence electrons. The van der Waals surface area contributed by atoms with Crippen LogP contribution in [-0.2, 0) is 13.1 Å². The van der Waals surface area contributed by atoms with Crippen LogP contribution in [0.25, 0.3) is 11.3 Å². The van der Waals surface area contributed by atoms with Gasteiger partial charge in [0.1, 0.15) is 0 Å². The molecule has 0 aromatic carbocycles. The van der Waals surface area contributed by atoms with Gasteiger partial charge in [0.25, 0.3) is 5.56 Å². The molecule has 0 spiro atoms. The van der Waals surface area contributed by atoms with Crippen molar-refractivity contribution in [2.45, 2.75) is 20.0 Å². The Labute approximate surface area is 149 Å². The molecule has 1 saturated heterocycles. The summed E-state index contributed by atoms with van der Waals surface area (Å²) < 4.78 is 1.59. The van der Waals surface area contributed by atoms with Gasteiger partial charge in [-0.25, -0.2) is 9.67 Å². The van der Waals surface area contributed by atoms with Crippen LogP contribution in [0.4, 0.5) is 0 Å². The number of hydrogen-bond donors (Lipinski definition) is 0. The van der Waals surface area contributed by atoms with Gasteiger partial charge in [-0.05, 0) is 25.1 Å². The molecule has 3 aromatic rings. The highest BCUT2D eigenvalue weighted by atomic mass is 32.1. The zero-order chi connectivity index (χ0) is 17.2. The number of thiazole rings is 1. The van der Waals surface area contributed by atoms with E-state index < -0.39 is 0 Å². The Morgan fingerprint density at radius 3 is 2.72 bits per heavy atom. The van der Waals surface area contributed by atoms with Gasteiger partial charge in [0.05, 0.1) is 22.9 Å². The van der Waals surface area contributed by atoms with Crippen LogP contribution in [0.1, 0.15) is 10.7 Å². The molecule has 0 atom stereocenters. The van der Waals surface area contributed by atoms with Gasteiger partial charge >= 0.3 is 0 Å². The minimum atomic E-state index is -0.0496. The van der Waals surface area contributed by atoms with Crippen molar-refractivity contribution in [2.75, 3.05) is 13.1 Å². The van der Waals surface area contributed by atoms with E-state index in [0.29, 0.717) is 12.5 Å². The van der Waals surface area contributed by atoms with E-state index in [1.165, 1.54) is 0 Å². The number of likely N-dealkylation sites (tertiary alicyclic amines) is 1. The smallest absolute Gasteiger partial charge is 0.266 e. The first-order valence-electron chi connectivity index (χ1n) is 8.29. The number of hydrogen-bond acceptors (Lipinski definition) is 6. The van der Waals surface area contributed by atoms with Gasteiger partial charge in [0.2, 0.25) is 0 Å². The Balaban J connectivity index is 1.39. The van der Waals surface area contributed by atoms with Crippen molar-refractivity contribution in [3.63, 3.8) is 0 Å². The molecular weight excluding hydrogens is 334 g/mol. The zero-order valence-corrected chi connectivity index (χ0v) is 14.8. The third-order valence-electron chi connectivity index (χ3n) is 4.36. The summed E-state index contributed by atoms with van der Waals surface area (Å²) in [5.41, 5.74) is 2.86.